The molecule has 13 heteroatoms. The number of alkyl carbamates (subject to hydrolysis) is 1. The summed E-state index contributed by atoms with van der Waals surface area (Å²) in [6, 6.07) is 31.2. The van der Waals surface area contributed by atoms with Crippen molar-refractivity contribution in [3.63, 3.8) is 0 Å². The molecule has 0 bridgehead atoms. The van der Waals surface area contributed by atoms with Gasteiger partial charge in [0.1, 0.15) is 43.5 Å². The van der Waals surface area contributed by atoms with Gasteiger partial charge in [0.25, 0.3) is 0 Å². The number of carbonyl (C=O) groups is 3. The van der Waals surface area contributed by atoms with Crippen molar-refractivity contribution in [2.45, 2.75) is 64.3 Å². The predicted molar refractivity (Wildman–Crippen MR) is 221 cm³/mol. The van der Waals surface area contributed by atoms with Gasteiger partial charge in [0, 0.05) is 20.3 Å². The van der Waals surface area contributed by atoms with Gasteiger partial charge in [0.2, 0.25) is 0 Å². The second-order valence-electron chi connectivity index (χ2n) is 15.0. The van der Waals surface area contributed by atoms with E-state index in [4.69, 9.17) is 33.2 Å². The Bertz CT molecular complexity index is 1950. The Balaban J connectivity index is 1.26. The molecule has 6 rings (SSSR count). The topological polar surface area (TPSA) is 134 Å². The summed E-state index contributed by atoms with van der Waals surface area (Å²) in [7, 11) is 3.30. The number of nitrogens with zero attached hydrogens (tertiary/aromatic N) is 2. The first kappa shape index (κ1) is 42.8. The highest BCUT2D eigenvalue weighted by molar-refractivity contribution is 5.82. The summed E-state index contributed by atoms with van der Waals surface area (Å²) in [5.74, 6) is -0.0706. The summed E-state index contributed by atoms with van der Waals surface area (Å²) < 4.78 is 41.1. The van der Waals surface area contributed by atoms with E-state index in [-0.39, 0.29) is 38.8 Å². The maximum atomic E-state index is 14.2. The van der Waals surface area contributed by atoms with Crippen LogP contribution in [-0.4, -0.2) is 94.9 Å². The van der Waals surface area contributed by atoms with Crippen LogP contribution in [0.3, 0.4) is 0 Å². The molecule has 0 aromatic heterocycles. The van der Waals surface area contributed by atoms with Crippen molar-refractivity contribution in [1.29, 1.82) is 0 Å². The lowest BCUT2D eigenvalue weighted by atomic mass is 9.84. The number of methoxy groups -OCH3 is 2. The predicted octanol–water partition coefficient (Wildman–Crippen LogP) is 7.11. The number of amides is 2. The van der Waals surface area contributed by atoms with Crippen LogP contribution in [0.4, 0.5) is 15.3 Å². The van der Waals surface area contributed by atoms with Crippen molar-refractivity contribution in [3.05, 3.63) is 125 Å². The normalized spacial score (nSPS) is 17.9. The van der Waals surface area contributed by atoms with Crippen LogP contribution in [0.5, 0.6) is 11.5 Å². The first-order valence-electron chi connectivity index (χ1n) is 20.1. The second-order valence-corrected chi connectivity index (χ2v) is 15.0. The smallest absolute Gasteiger partial charge is 0.410 e. The van der Waals surface area contributed by atoms with Crippen molar-refractivity contribution < 1.29 is 47.5 Å². The van der Waals surface area contributed by atoms with E-state index in [1.807, 2.05) is 111 Å². The summed E-state index contributed by atoms with van der Waals surface area (Å²) in [6.45, 7) is 6.94. The lowest BCUT2D eigenvalue weighted by Crippen LogP contribution is -2.56. The zero-order valence-corrected chi connectivity index (χ0v) is 34.2. The number of hydrogen-bond donors (Lipinski definition) is 1. The quantitative estimate of drug-likeness (QED) is 0.0665. The molecule has 2 aliphatic heterocycles. The Morgan fingerprint density at radius 2 is 1.47 bits per heavy atom. The third-order valence-corrected chi connectivity index (χ3v) is 10.5. The first-order chi connectivity index (χ1) is 28.7. The van der Waals surface area contributed by atoms with E-state index in [0.717, 1.165) is 53.2 Å². The van der Waals surface area contributed by atoms with E-state index in [1.165, 1.54) is 4.90 Å². The maximum absolute atomic E-state index is 14.2. The molecule has 1 unspecified atom stereocenters. The molecule has 13 nitrogen and oxygen atoms in total. The molecule has 0 spiro atoms. The van der Waals surface area contributed by atoms with Crippen LogP contribution in [0, 0.1) is 5.92 Å². The number of likely N-dealkylation sites (tertiary alicyclic amines) is 1. The van der Waals surface area contributed by atoms with E-state index >= 15 is 0 Å². The highest BCUT2D eigenvalue weighted by Gasteiger charge is 2.44. The number of carbonyl (C=O) groups excluding carboxylic acids is 3. The zero-order chi connectivity index (χ0) is 41.6. The van der Waals surface area contributed by atoms with Crippen LogP contribution in [-0.2, 0) is 48.3 Å². The lowest BCUT2D eigenvalue weighted by Gasteiger charge is -2.43. The van der Waals surface area contributed by atoms with Crippen molar-refractivity contribution in [3.8, 4) is 11.5 Å². The molecule has 4 aromatic rings. The summed E-state index contributed by atoms with van der Waals surface area (Å²) in [5, 5.41) is 2.71. The number of anilines is 1. The van der Waals surface area contributed by atoms with Crippen LogP contribution in [0.2, 0.25) is 0 Å². The maximum Gasteiger partial charge on any atom is 0.410 e. The standard InChI is InChI=1S/C46H55N3O10/c1-32(2)43(47-45(51)57-29-33-12-7-5-8-13-33)44(50)59-41-28-49(46(52)58-30-34-14-9-6-10-15-34)27-40(42(41)36-17-19-37(54-4)20-18-36)56-31-35-16-21-39-38(26-35)48(23-25-55-39)22-11-24-53-3/h5-10,12-21,26,32,40-43H,11,22-25,27-31H2,1-4H3,(H,47,51)/t40-,41+,42+,43?/m0/s1. The van der Waals surface area contributed by atoms with Crippen LogP contribution >= 0.6 is 0 Å². The van der Waals surface area contributed by atoms with Crippen molar-refractivity contribution >= 4 is 23.8 Å². The molecule has 4 atom stereocenters. The molecule has 1 N–H and O–H groups in total. The molecule has 4 aromatic carbocycles. The summed E-state index contributed by atoms with van der Waals surface area (Å²) >= 11 is 0. The van der Waals surface area contributed by atoms with Gasteiger partial charge in [-0.1, -0.05) is 92.7 Å². The van der Waals surface area contributed by atoms with Gasteiger partial charge in [-0.3, -0.25) is 0 Å². The molecule has 0 radical (unpaired) electrons. The van der Waals surface area contributed by atoms with Crippen LogP contribution in [0.15, 0.2) is 103 Å². The van der Waals surface area contributed by atoms with Gasteiger partial charge in [-0.25, -0.2) is 14.4 Å². The largest absolute Gasteiger partial charge is 0.497 e. The number of hydrogen-bond acceptors (Lipinski definition) is 11. The Hall–Kier alpha value is -5.79. The Morgan fingerprint density at radius 1 is 0.797 bits per heavy atom. The summed E-state index contributed by atoms with van der Waals surface area (Å²) in [5.41, 5.74) is 4.36. The molecular formula is C46H55N3O10. The number of rotatable bonds is 17. The molecule has 0 aliphatic carbocycles. The highest BCUT2D eigenvalue weighted by atomic mass is 16.6. The van der Waals surface area contributed by atoms with Gasteiger partial charge in [-0.05, 0) is 58.9 Å². The minimum atomic E-state index is -1.04. The van der Waals surface area contributed by atoms with Crippen LogP contribution in [0.1, 0.15) is 48.4 Å². The van der Waals surface area contributed by atoms with Gasteiger partial charge in [-0.2, -0.15) is 0 Å². The van der Waals surface area contributed by atoms with Crippen molar-refractivity contribution in [2.24, 2.45) is 5.92 Å². The fourth-order valence-corrected chi connectivity index (χ4v) is 7.31. The fourth-order valence-electron chi connectivity index (χ4n) is 7.31. The molecule has 1 fully saturated rings. The molecular weight excluding hydrogens is 755 g/mol. The lowest BCUT2D eigenvalue weighted by molar-refractivity contribution is -0.161. The Labute approximate surface area is 346 Å². The van der Waals surface area contributed by atoms with E-state index in [0.29, 0.717) is 19.0 Å². The minimum Gasteiger partial charge on any atom is -0.497 e. The molecule has 1 saturated heterocycles. The third kappa shape index (κ3) is 11.9. The van der Waals surface area contributed by atoms with E-state index in [9.17, 15) is 14.4 Å². The summed E-state index contributed by atoms with van der Waals surface area (Å²) in [4.78, 5) is 44.8. The molecule has 59 heavy (non-hydrogen) atoms. The Morgan fingerprint density at radius 3 is 2.14 bits per heavy atom. The van der Waals surface area contributed by atoms with E-state index in [1.54, 1.807) is 14.2 Å². The number of fused-ring (bicyclic) bond motifs is 1. The van der Waals surface area contributed by atoms with Gasteiger partial charge in [0.05, 0.1) is 51.1 Å². The van der Waals surface area contributed by atoms with Crippen LogP contribution < -0.4 is 19.7 Å². The van der Waals surface area contributed by atoms with Crippen LogP contribution in [0.25, 0.3) is 0 Å². The van der Waals surface area contributed by atoms with Crippen molar-refractivity contribution in [2.75, 3.05) is 58.5 Å². The fraction of sp³-hybridized carbons (Fsp3) is 0.413. The average Bonchev–Trinajstić information content (AvgIpc) is 3.26. The molecule has 314 valence electrons. The SMILES string of the molecule is COCCCN1CCOc2ccc(CO[C@H]3CN(C(=O)OCc4ccccc4)C[C@@H](OC(=O)C(NC(=O)OCc4ccccc4)C(C)C)[C@@H]3c3ccc(OC)cc3)cc21. The number of ether oxygens (including phenoxy) is 7. The molecule has 2 amide bonds. The first-order valence-corrected chi connectivity index (χ1v) is 20.1. The summed E-state index contributed by atoms with van der Waals surface area (Å²) in [6.07, 6.45) is -1.99. The monoisotopic (exact) mass is 809 g/mol. The second kappa shape index (κ2) is 21.3. The van der Waals surface area contributed by atoms with E-state index in [2.05, 4.69) is 16.3 Å². The number of nitrogens with one attached hydrogen (secondary N) is 1. The Kier molecular flexibility index (Phi) is 15.4. The molecule has 2 aliphatic rings. The zero-order valence-electron chi connectivity index (χ0n) is 34.2. The van der Waals surface area contributed by atoms with Gasteiger partial charge in [0.15, 0.2) is 0 Å². The van der Waals surface area contributed by atoms with Gasteiger partial charge < -0.3 is 48.3 Å². The van der Waals surface area contributed by atoms with Crippen molar-refractivity contribution in [1.82, 2.24) is 10.2 Å². The minimum absolute atomic E-state index is 0.0196. The van der Waals surface area contributed by atoms with Gasteiger partial charge in [-0.15, -0.1) is 0 Å². The average molecular weight is 810 g/mol. The highest BCUT2D eigenvalue weighted by Crippen LogP contribution is 2.37. The number of benzene rings is 4. The molecule has 0 saturated carbocycles. The van der Waals surface area contributed by atoms with Gasteiger partial charge >= 0.3 is 18.2 Å². The third-order valence-electron chi connectivity index (χ3n) is 10.5. The molecule has 2 heterocycles. The number of piperidine rings is 1. The number of esters is 1. The van der Waals surface area contributed by atoms with E-state index < -0.39 is 42.3 Å².